The van der Waals surface area contributed by atoms with Gasteiger partial charge in [-0.2, -0.15) is 0 Å². The first-order valence-corrected chi connectivity index (χ1v) is 15.3. The van der Waals surface area contributed by atoms with Crippen molar-refractivity contribution < 1.29 is 30.7 Å². The number of allylic oxidation sites excluding steroid dienone is 2. The topological polar surface area (TPSA) is 99.1 Å². The minimum atomic E-state index is -3.04. The van der Waals surface area contributed by atoms with E-state index in [0.29, 0.717) is 12.2 Å². The molecule has 1 unspecified atom stereocenters. The van der Waals surface area contributed by atoms with E-state index in [1.165, 1.54) is 109 Å². The summed E-state index contributed by atoms with van der Waals surface area (Å²) in [5.41, 5.74) is 0. The molecule has 3 fully saturated rings. The SMILES string of the molecule is C1=CCCCC1.C1CCC(OC2CCCCC2)CC1.ClCCl.O=[P+]([O-])OO.OC1CCCCC1.[HH]. The second-order valence-electron chi connectivity index (χ2n) is 9.11. The first kappa shape index (κ1) is 34.2. The van der Waals surface area contributed by atoms with Gasteiger partial charge < -0.3 is 14.7 Å². The van der Waals surface area contributed by atoms with Crippen LogP contribution >= 0.6 is 31.5 Å². The molecule has 0 aromatic carbocycles. The van der Waals surface area contributed by atoms with Crippen molar-refractivity contribution in [1.29, 1.82) is 0 Å². The van der Waals surface area contributed by atoms with E-state index in [9.17, 15) is 0 Å². The summed E-state index contributed by atoms with van der Waals surface area (Å²) < 4.78 is 17.8. The van der Waals surface area contributed by atoms with E-state index < -0.39 is 8.25 Å². The number of aliphatic hydroxyl groups is 1. The molecule has 0 aromatic rings. The molecule has 0 saturated heterocycles. The van der Waals surface area contributed by atoms with Gasteiger partial charge in [-0.15, -0.1) is 23.2 Å². The van der Waals surface area contributed by atoms with Gasteiger partial charge in [0.15, 0.2) is 0 Å². The Morgan fingerprint density at radius 3 is 1.29 bits per heavy atom. The Hall–Kier alpha value is 0.220. The van der Waals surface area contributed by atoms with E-state index in [4.69, 9.17) is 47.8 Å². The third kappa shape index (κ3) is 23.9. The molecule has 4 aliphatic rings. The zero-order chi connectivity index (χ0) is 25.3. The fourth-order valence-electron chi connectivity index (χ4n) is 4.52. The van der Waals surface area contributed by atoms with Crippen molar-refractivity contribution in [2.24, 2.45) is 0 Å². The summed E-state index contributed by atoms with van der Waals surface area (Å²) in [6.45, 7) is 0. The Balaban J connectivity index is 0. The maximum Gasteiger partial charge on any atom is 0.521 e. The van der Waals surface area contributed by atoms with Gasteiger partial charge in [0.1, 0.15) is 0 Å². The summed E-state index contributed by atoms with van der Waals surface area (Å²) in [6.07, 6.45) is 31.0. The van der Waals surface area contributed by atoms with E-state index in [1.807, 2.05) is 0 Å². The van der Waals surface area contributed by atoms with Gasteiger partial charge >= 0.3 is 8.25 Å². The molecule has 9 heteroatoms. The zero-order valence-corrected chi connectivity index (χ0v) is 23.2. The average molecular weight is 548 g/mol. The molecule has 6 nitrogen and oxygen atoms in total. The standard InChI is InChI=1S/C12H22O.C6H12O.C6H10.CH2Cl2.HO4P.H2/c1-3-7-11(8-4-1)13-12-9-5-2-6-10-12;7-6-4-2-1-3-5-6;1-2-4-6-5-3-1;2-1-3;1-4-5(2)3;/h11-12H,1-10H2;6-7H,1-5H2;1-2H,3-6H2;1H2;1H;1H. The Morgan fingerprint density at radius 1 is 0.765 bits per heavy atom. The molecule has 0 amide bonds. The highest BCUT2D eigenvalue weighted by atomic mass is 35.5. The summed E-state index contributed by atoms with van der Waals surface area (Å²) in [4.78, 5) is 8.93. The van der Waals surface area contributed by atoms with Crippen molar-refractivity contribution >= 4 is 31.5 Å². The molecule has 34 heavy (non-hydrogen) atoms. The van der Waals surface area contributed by atoms with Crippen molar-refractivity contribution in [3.8, 4) is 0 Å². The maximum absolute atomic E-state index is 8.93. The fourth-order valence-corrected chi connectivity index (χ4v) is 4.52. The van der Waals surface area contributed by atoms with Crippen LogP contribution in [0.2, 0.25) is 0 Å². The molecular formula is C25H49Cl2O6P. The smallest absolute Gasteiger partial charge is 0.521 e. The summed E-state index contributed by atoms with van der Waals surface area (Å²) in [6, 6.07) is 0. The number of hydrogen-bond donors (Lipinski definition) is 2. The first-order valence-electron chi connectivity index (χ1n) is 13.1. The minimum Gasteiger partial charge on any atom is -0.565 e. The predicted octanol–water partition coefficient (Wildman–Crippen LogP) is 8.26. The Kier molecular flexibility index (Phi) is 26.5. The van der Waals surface area contributed by atoms with Crippen LogP contribution in [0.4, 0.5) is 0 Å². The van der Waals surface area contributed by atoms with Gasteiger partial charge in [-0.3, -0.25) is 0 Å². The molecule has 0 heterocycles. The molecule has 4 rings (SSSR count). The highest BCUT2D eigenvalue weighted by molar-refractivity contribution is 7.30. The van der Waals surface area contributed by atoms with Crippen LogP contribution in [0.3, 0.4) is 0 Å². The average Bonchev–Trinajstić information content (AvgIpc) is 2.88. The predicted molar refractivity (Wildman–Crippen MR) is 142 cm³/mol. The number of aliphatic hydroxyl groups excluding tert-OH is 1. The van der Waals surface area contributed by atoms with Crippen LogP contribution in [0, 0.1) is 0 Å². The summed E-state index contributed by atoms with van der Waals surface area (Å²) in [5, 5.41) is 16.2. The molecular weight excluding hydrogens is 498 g/mol. The quantitative estimate of drug-likeness (QED) is 0.121. The maximum atomic E-state index is 8.93. The van der Waals surface area contributed by atoms with Crippen molar-refractivity contribution in [1.82, 2.24) is 0 Å². The van der Waals surface area contributed by atoms with Crippen LogP contribution < -0.4 is 4.89 Å². The van der Waals surface area contributed by atoms with Crippen LogP contribution in [0.15, 0.2) is 12.2 Å². The van der Waals surface area contributed by atoms with E-state index in [1.54, 1.807) is 0 Å². The minimum absolute atomic E-state index is 0. The van der Waals surface area contributed by atoms with E-state index >= 15 is 0 Å². The number of halogens is 2. The van der Waals surface area contributed by atoms with E-state index in [2.05, 4.69) is 16.8 Å². The Labute approximate surface area is 219 Å². The monoisotopic (exact) mass is 546 g/mol. The van der Waals surface area contributed by atoms with E-state index in [-0.39, 0.29) is 12.9 Å². The van der Waals surface area contributed by atoms with Crippen molar-refractivity contribution in [2.75, 3.05) is 5.34 Å². The van der Waals surface area contributed by atoms with Crippen LogP contribution in [0.5, 0.6) is 0 Å². The van der Waals surface area contributed by atoms with Crippen LogP contribution in [0.25, 0.3) is 0 Å². The van der Waals surface area contributed by atoms with E-state index in [0.717, 1.165) is 12.8 Å². The van der Waals surface area contributed by atoms with Gasteiger partial charge in [0.2, 0.25) is 0 Å². The molecule has 204 valence electrons. The highest BCUT2D eigenvalue weighted by Gasteiger charge is 2.20. The molecule has 0 aliphatic heterocycles. The number of rotatable bonds is 3. The molecule has 0 spiro atoms. The van der Waals surface area contributed by atoms with Gasteiger partial charge in [-0.1, -0.05) is 69.9 Å². The van der Waals surface area contributed by atoms with Crippen molar-refractivity contribution in [3.05, 3.63) is 12.2 Å². The Bertz CT molecular complexity index is 449. The molecule has 2 N–H and O–H groups in total. The van der Waals surface area contributed by atoms with Crippen LogP contribution in [0.1, 0.15) is 123 Å². The molecule has 1 atom stereocenters. The molecule has 0 aromatic heterocycles. The lowest BCUT2D eigenvalue weighted by Crippen LogP contribution is -2.25. The van der Waals surface area contributed by atoms with Crippen molar-refractivity contribution in [3.63, 3.8) is 0 Å². The lowest BCUT2D eigenvalue weighted by Gasteiger charge is -2.29. The third-order valence-electron chi connectivity index (χ3n) is 6.29. The second kappa shape index (κ2) is 26.3. The first-order chi connectivity index (χ1) is 16.5. The lowest BCUT2D eigenvalue weighted by molar-refractivity contribution is -0.244. The fraction of sp³-hybridized carbons (Fsp3) is 0.920. The lowest BCUT2D eigenvalue weighted by atomic mass is 9.95. The van der Waals surface area contributed by atoms with Crippen LogP contribution in [-0.4, -0.2) is 34.0 Å². The van der Waals surface area contributed by atoms with Gasteiger partial charge in [-0.25, -0.2) is 5.26 Å². The summed E-state index contributed by atoms with van der Waals surface area (Å²) >= 11 is 9.53. The molecule has 0 bridgehead atoms. The van der Waals surface area contributed by atoms with Gasteiger partial charge in [0, 0.05) is 6.10 Å². The van der Waals surface area contributed by atoms with Crippen molar-refractivity contribution in [2.45, 2.75) is 140 Å². The molecule has 4 aliphatic carbocycles. The highest BCUT2D eigenvalue weighted by Crippen LogP contribution is 2.27. The summed E-state index contributed by atoms with van der Waals surface area (Å²) in [5.74, 6) is 0. The number of alkyl halides is 2. The second-order valence-corrected chi connectivity index (χ2v) is 10.5. The summed E-state index contributed by atoms with van der Waals surface area (Å²) in [7, 11) is -3.04. The molecule has 3 saturated carbocycles. The number of ether oxygens (including phenoxy) is 1. The molecule has 0 radical (unpaired) electrons. The van der Waals surface area contributed by atoms with Crippen LogP contribution in [-0.2, 0) is 14.0 Å². The third-order valence-corrected chi connectivity index (χ3v) is 6.42. The normalized spacial score (nSPS) is 21.7. The Morgan fingerprint density at radius 2 is 1.09 bits per heavy atom. The van der Waals surface area contributed by atoms with Gasteiger partial charge in [0.05, 0.1) is 23.7 Å². The largest absolute Gasteiger partial charge is 0.565 e. The zero-order valence-electron chi connectivity index (χ0n) is 20.8. The van der Waals surface area contributed by atoms with Gasteiger partial charge in [0.25, 0.3) is 0 Å². The van der Waals surface area contributed by atoms with Gasteiger partial charge in [-0.05, 0) is 68.8 Å². The number of hydrogen-bond acceptors (Lipinski definition) is 6.